The van der Waals surface area contributed by atoms with Gasteiger partial charge in [0.05, 0.1) is 5.69 Å². The number of aromatic nitrogens is 1. The second kappa shape index (κ2) is 4.71. The summed E-state index contributed by atoms with van der Waals surface area (Å²) in [6.45, 7) is 3.74. The number of anilines is 1. The van der Waals surface area contributed by atoms with Crippen LogP contribution in [-0.2, 0) is 11.8 Å². The lowest BCUT2D eigenvalue weighted by molar-refractivity contribution is -0.121. The maximum Gasteiger partial charge on any atom is 0.250 e. The summed E-state index contributed by atoms with van der Waals surface area (Å²) in [5.41, 5.74) is 0.579. The fourth-order valence-electron chi connectivity index (χ4n) is 1.80. The van der Waals surface area contributed by atoms with Crippen LogP contribution >= 0.6 is 0 Å². The molecular formula is C12H17N3O2. The number of hydrogen-bond acceptors (Lipinski definition) is 3. The summed E-state index contributed by atoms with van der Waals surface area (Å²) in [4.78, 5) is 23.1. The molecule has 0 aliphatic carbocycles. The van der Waals surface area contributed by atoms with Crippen LogP contribution in [0.1, 0.15) is 6.92 Å². The van der Waals surface area contributed by atoms with E-state index in [0.717, 1.165) is 13.1 Å². The van der Waals surface area contributed by atoms with Gasteiger partial charge in [-0.05, 0) is 25.1 Å². The van der Waals surface area contributed by atoms with Crippen LogP contribution < -0.4 is 16.2 Å². The molecule has 1 saturated heterocycles. The quantitative estimate of drug-likeness (QED) is 0.785. The van der Waals surface area contributed by atoms with Gasteiger partial charge < -0.3 is 15.2 Å². The fourth-order valence-corrected chi connectivity index (χ4v) is 1.80. The minimum Gasteiger partial charge on any atom is -0.325 e. The number of amides is 1. The van der Waals surface area contributed by atoms with E-state index in [0.29, 0.717) is 11.6 Å². The summed E-state index contributed by atoms with van der Waals surface area (Å²) in [7, 11) is 1.66. The van der Waals surface area contributed by atoms with Gasteiger partial charge in [-0.1, -0.05) is 6.92 Å². The van der Waals surface area contributed by atoms with E-state index in [9.17, 15) is 9.59 Å². The third kappa shape index (κ3) is 2.55. The summed E-state index contributed by atoms with van der Waals surface area (Å²) in [5.74, 6) is 0.422. The van der Waals surface area contributed by atoms with Crippen molar-refractivity contribution in [1.82, 2.24) is 9.88 Å². The Hall–Kier alpha value is -1.62. The van der Waals surface area contributed by atoms with E-state index in [1.165, 1.54) is 10.6 Å². The highest BCUT2D eigenvalue weighted by Crippen LogP contribution is 2.17. The van der Waals surface area contributed by atoms with Crippen molar-refractivity contribution in [2.45, 2.75) is 6.92 Å². The molecule has 92 valence electrons. The Kier molecular flexibility index (Phi) is 3.28. The van der Waals surface area contributed by atoms with Gasteiger partial charge in [0.1, 0.15) is 0 Å². The molecule has 1 aliphatic rings. The maximum absolute atomic E-state index is 11.9. The van der Waals surface area contributed by atoms with E-state index in [2.05, 4.69) is 10.6 Å². The van der Waals surface area contributed by atoms with E-state index in [1.807, 2.05) is 6.92 Å². The summed E-state index contributed by atoms with van der Waals surface area (Å²) in [5, 5.41) is 5.98. The number of aryl methyl sites for hydroxylation is 1. The maximum atomic E-state index is 11.9. The Bertz CT molecular complexity index is 477. The number of nitrogens with zero attached hydrogens (tertiary/aromatic N) is 1. The highest BCUT2D eigenvalue weighted by atomic mass is 16.2. The molecule has 2 heterocycles. The minimum atomic E-state index is -0.0840. The smallest absolute Gasteiger partial charge is 0.250 e. The first kappa shape index (κ1) is 11.9. The van der Waals surface area contributed by atoms with Crippen LogP contribution in [0.3, 0.4) is 0 Å². The van der Waals surface area contributed by atoms with Crippen molar-refractivity contribution in [2.75, 3.05) is 18.4 Å². The van der Waals surface area contributed by atoms with Crippen LogP contribution in [0.2, 0.25) is 0 Å². The summed E-state index contributed by atoms with van der Waals surface area (Å²) >= 11 is 0. The van der Waals surface area contributed by atoms with Gasteiger partial charge in [0.15, 0.2) is 0 Å². The molecule has 1 unspecified atom stereocenters. The van der Waals surface area contributed by atoms with Gasteiger partial charge >= 0.3 is 0 Å². The average molecular weight is 235 g/mol. The molecule has 1 aromatic heterocycles. The Morgan fingerprint density at radius 2 is 2.24 bits per heavy atom. The molecule has 0 aromatic carbocycles. The van der Waals surface area contributed by atoms with E-state index in [1.54, 1.807) is 19.3 Å². The van der Waals surface area contributed by atoms with Crippen molar-refractivity contribution in [3.63, 3.8) is 0 Å². The molecule has 2 rings (SSSR count). The molecule has 5 heteroatoms. The van der Waals surface area contributed by atoms with Gasteiger partial charge in [-0.2, -0.15) is 0 Å². The molecule has 1 fully saturated rings. The fraction of sp³-hybridized carbons (Fsp3) is 0.500. The highest BCUT2D eigenvalue weighted by molar-refractivity contribution is 5.92. The molecule has 5 nitrogen and oxygen atoms in total. The Morgan fingerprint density at radius 3 is 2.76 bits per heavy atom. The summed E-state index contributed by atoms with van der Waals surface area (Å²) < 4.78 is 1.45. The SMILES string of the molecule is CC(C(=O)Nc1ccc(=O)n(C)c1)C1CNC1. The monoisotopic (exact) mass is 235 g/mol. The van der Waals surface area contributed by atoms with E-state index >= 15 is 0 Å². The normalized spacial score (nSPS) is 17.3. The second-order valence-corrected chi connectivity index (χ2v) is 4.56. The van der Waals surface area contributed by atoms with Crippen molar-refractivity contribution in [3.05, 3.63) is 28.7 Å². The highest BCUT2D eigenvalue weighted by Gasteiger charge is 2.28. The number of nitrogens with one attached hydrogen (secondary N) is 2. The van der Waals surface area contributed by atoms with Crippen LogP contribution in [0.25, 0.3) is 0 Å². The van der Waals surface area contributed by atoms with Gasteiger partial charge in [0, 0.05) is 25.2 Å². The van der Waals surface area contributed by atoms with Gasteiger partial charge in [0.25, 0.3) is 0 Å². The lowest BCUT2D eigenvalue weighted by atomic mass is 9.88. The molecule has 0 bridgehead atoms. The first-order chi connectivity index (χ1) is 8.08. The number of carbonyl (C=O) groups is 1. The van der Waals surface area contributed by atoms with Crippen molar-refractivity contribution in [1.29, 1.82) is 0 Å². The molecule has 1 aromatic rings. The van der Waals surface area contributed by atoms with E-state index in [4.69, 9.17) is 0 Å². The first-order valence-corrected chi connectivity index (χ1v) is 5.76. The van der Waals surface area contributed by atoms with Crippen molar-refractivity contribution >= 4 is 11.6 Å². The third-order valence-corrected chi connectivity index (χ3v) is 3.29. The molecule has 1 aliphatic heterocycles. The van der Waals surface area contributed by atoms with Crippen LogP contribution in [0, 0.1) is 11.8 Å². The zero-order valence-electron chi connectivity index (χ0n) is 10.1. The largest absolute Gasteiger partial charge is 0.325 e. The summed E-state index contributed by atoms with van der Waals surface area (Å²) in [6, 6.07) is 3.08. The molecule has 0 radical (unpaired) electrons. The predicted molar refractivity (Wildman–Crippen MR) is 65.8 cm³/mol. The van der Waals surface area contributed by atoms with Gasteiger partial charge in [0.2, 0.25) is 11.5 Å². The number of hydrogen-bond donors (Lipinski definition) is 2. The van der Waals surface area contributed by atoms with Gasteiger partial charge in [-0.25, -0.2) is 0 Å². The third-order valence-electron chi connectivity index (χ3n) is 3.29. The molecule has 17 heavy (non-hydrogen) atoms. The Balaban J connectivity index is 2.02. The Labute approximate surface area is 99.8 Å². The van der Waals surface area contributed by atoms with Crippen molar-refractivity contribution in [2.24, 2.45) is 18.9 Å². The van der Waals surface area contributed by atoms with Crippen molar-refractivity contribution < 1.29 is 4.79 Å². The Morgan fingerprint density at radius 1 is 1.53 bits per heavy atom. The molecule has 2 N–H and O–H groups in total. The van der Waals surface area contributed by atoms with Gasteiger partial charge in [-0.3, -0.25) is 9.59 Å². The van der Waals surface area contributed by atoms with Crippen LogP contribution in [0.5, 0.6) is 0 Å². The number of carbonyl (C=O) groups excluding carboxylic acids is 1. The lowest BCUT2D eigenvalue weighted by Gasteiger charge is -2.31. The molecular weight excluding hydrogens is 218 g/mol. The van der Waals surface area contributed by atoms with Crippen LogP contribution in [0.15, 0.2) is 23.1 Å². The molecule has 1 amide bonds. The molecule has 0 spiro atoms. The number of rotatable bonds is 3. The van der Waals surface area contributed by atoms with Crippen LogP contribution in [-0.4, -0.2) is 23.6 Å². The van der Waals surface area contributed by atoms with Crippen molar-refractivity contribution in [3.8, 4) is 0 Å². The van der Waals surface area contributed by atoms with Crippen LogP contribution in [0.4, 0.5) is 5.69 Å². The first-order valence-electron chi connectivity index (χ1n) is 5.76. The van der Waals surface area contributed by atoms with E-state index < -0.39 is 0 Å². The number of pyridine rings is 1. The standard InChI is InChI=1S/C12H17N3O2/c1-8(9-5-13-6-9)12(17)14-10-3-4-11(16)15(2)7-10/h3-4,7-9,13H,5-6H2,1-2H3,(H,14,17). The lowest BCUT2D eigenvalue weighted by Crippen LogP contribution is -2.48. The summed E-state index contributed by atoms with van der Waals surface area (Å²) in [6.07, 6.45) is 1.63. The molecule has 0 saturated carbocycles. The van der Waals surface area contributed by atoms with E-state index in [-0.39, 0.29) is 17.4 Å². The predicted octanol–water partition coefficient (Wildman–Crippen LogP) is 0.179. The topological polar surface area (TPSA) is 63.1 Å². The minimum absolute atomic E-state index is 0.00603. The second-order valence-electron chi connectivity index (χ2n) is 4.56. The zero-order valence-corrected chi connectivity index (χ0v) is 10.1. The average Bonchev–Trinajstić information content (AvgIpc) is 2.21. The van der Waals surface area contributed by atoms with Gasteiger partial charge in [-0.15, -0.1) is 0 Å². The zero-order chi connectivity index (χ0) is 12.4. The molecule has 1 atom stereocenters.